The summed E-state index contributed by atoms with van der Waals surface area (Å²) < 4.78 is 28.7. The average Bonchev–Trinajstić information content (AvgIpc) is 2.38. The number of ether oxygens (including phenoxy) is 1. The van der Waals surface area contributed by atoms with Crippen LogP contribution in [0.2, 0.25) is 0 Å². The molecule has 1 aliphatic rings. The van der Waals surface area contributed by atoms with Crippen molar-refractivity contribution in [2.24, 2.45) is 0 Å². The second-order valence-electron chi connectivity index (χ2n) is 4.57. The van der Waals surface area contributed by atoms with E-state index in [1.807, 2.05) is 13.0 Å². The topological polar surface area (TPSA) is 63.7 Å². The molecule has 6 heteroatoms. The van der Waals surface area contributed by atoms with Gasteiger partial charge in [-0.3, -0.25) is 4.79 Å². The molecule has 0 saturated heterocycles. The molecule has 19 heavy (non-hydrogen) atoms. The number of anilines is 1. The normalized spacial score (nSPS) is 18.6. The average molecular weight is 283 g/mol. The first-order valence-corrected chi connectivity index (χ1v) is 8.01. The summed E-state index contributed by atoms with van der Waals surface area (Å²) in [6.07, 6.45) is 0. The smallest absolute Gasteiger partial charge is 0.242 e. The molecule has 1 heterocycles. The van der Waals surface area contributed by atoms with Gasteiger partial charge in [-0.25, -0.2) is 8.42 Å². The van der Waals surface area contributed by atoms with Crippen LogP contribution in [0.3, 0.4) is 0 Å². The van der Waals surface area contributed by atoms with E-state index in [2.05, 4.69) is 0 Å². The molecule has 1 unspecified atom stereocenters. The van der Waals surface area contributed by atoms with E-state index in [1.165, 1.54) is 4.90 Å². The molecule has 2 rings (SSSR count). The molecule has 1 atom stereocenters. The van der Waals surface area contributed by atoms with Gasteiger partial charge in [0.2, 0.25) is 5.91 Å². The maximum Gasteiger partial charge on any atom is 0.242 e. The number of carbonyl (C=O) groups is 1. The summed E-state index contributed by atoms with van der Waals surface area (Å²) in [4.78, 5) is 13.8. The van der Waals surface area contributed by atoms with E-state index in [4.69, 9.17) is 4.74 Å². The molecule has 104 valence electrons. The van der Waals surface area contributed by atoms with Crippen molar-refractivity contribution in [2.75, 3.05) is 23.0 Å². The summed E-state index contributed by atoms with van der Waals surface area (Å²) in [5.74, 6) is -0.269. The standard InChI is InChI=1S/C13H17NO4S/c1-3-19(16,17)9-13(15)14-10(2)8-18-12-7-5-4-6-11(12)14/h4-7,10H,3,8-9H2,1-2H3. The highest BCUT2D eigenvalue weighted by molar-refractivity contribution is 7.92. The lowest BCUT2D eigenvalue weighted by atomic mass is 10.1. The summed E-state index contributed by atoms with van der Waals surface area (Å²) in [5, 5.41) is 0. The lowest BCUT2D eigenvalue weighted by Crippen LogP contribution is -2.47. The number of benzene rings is 1. The Kier molecular flexibility index (Phi) is 3.80. The molecule has 0 aromatic heterocycles. The van der Waals surface area contributed by atoms with Crippen LogP contribution in [0, 0.1) is 0 Å². The van der Waals surface area contributed by atoms with E-state index in [0.29, 0.717) is 18.0 Å². The number of rotatable bonds is 3. The number of carbonyl (C=O) groups excluding carboxylic acids is 1. The highest BCUT2D eigenvalue weighted by Crippen LogP contribution is 2.33. The predicted molar refractivity (Wildman–Crippen MR) is 73.2 cm³/mol. The van der Waals surface area contributed by atoms with Crippen molar-refractivity contribution in [3.05, 3.63) is 24.3 Å². The Bertz CT molecular complexity index is 582. The molecule has 0 radical (unpaired) electrons. The Morgan fingerprint density at radius 3 is 2.79 bits per heavy atom. The Morgan fingerprint density at radius 2 is 2.11 bits per heavy atom. The first-order valence-electron chi connectivity index (χ1n) is 6.19. The Morgan fingerprint density at radius 1 is 1.42 bits per heavy atom. The second kappa shape index (κ2) is 5.21. The van der Waals surface area contributed by atoms with Crippen LogP contribution in [0.5, 0.6) is 5.75 Å². The molecule has 1 aromatic carbocycles. The summed E-state index contributed by atoms with van der Waals surface area (Å²) in [6, 6.07) is 6.99. The zero-order chi connectivity index (χ0) is 14.0. The zero-order valence-electron chi connectivity index (χ0n) is 11.0. The van der Waals surface area contributed by atoms with E-state index in [-0.39, 0.29) is 11.8 Å². The largest absolute Gasteiger partial charge is 0.489 e. The maximum atomic E-state index is 12.2. The minimum Gasteiger partial charge on any atom is -0.489 e. The number of hydrogen-bond donors (Lipinski definition) is 0. The highest BCUT2D eigenvalue weighted by atomic mass is 32.2. The van der Waals surface area contributed by atoms with E-state index < -0.39 is 21.5 Å². The predicted octanol–water partition coefficient (Wildman–Crippen LogP) is 1.24. The molecule has 0 fully saturated rings. The number of amides is 1. The van der Waals surface area contributed by atoms with Crippen LogP contribution in [0.25, 0.3) is 0 Å². The molecule has 0 saturated carbocycles. The fraction of sp³-hybridized carbons (Fsp3) is 0.462. The second-order valence-corrected chi connectivity index (χ2v) is 6.92. The first kappa shape index (κ1) is 13.9. The van der Waals surface area contributed by atoms with Gasteiger partial charge in [-0.2, -0.15) is 0 Å². The summed E-state index contributed by atoms with van der Waals surface area (Å²) in [5.41, 5.74) is 0.637. The van der Waals surface area contributed by atoms with Gasteiger partial charge in [0.25, 0.3) is 0 Å². The van der Waals surface area contributed by atoms with Crippen molar-refractivity contribution < 1.29 is 17.9 Å². The lowest BCUT2D eigenvalue weighted by Gasteiger charge is -2.35. The Labute approximate surface area is 113 Å². The monoisotopic (exact) mass is 283 g/mol. The maximum absolute atomic E-state index is 12.2. The van der Waals surface area contributed by atoms with E-state index in [0.717, 1.165) is 0 Å². The molecule has 1 amide bonds. The van der Waals surface area contributed by atoms with Gasteiger partial charge in [-0.05, 0) is 19.1 Å². The van der Waals surface area contributed by atoms with Gasteiger partial charge in [0.1, 0.15) is 18.1 Å². The van der Waals surface area contributed by atoms with Crippen molar-refractivity contribution in [3.63, 3.8) is 0 Å². The number of fused-ring (bicyclic) bond motifs is 1. The minimum absolute atomic E-state index is 0.0287. The number of nitrogens with zero attached hydrogens (tertiary/aromatic N) is 1. The SMILES string of the molecule is CCS(=O)(=O)CC(=O)N1c2ccccc2OCC1C. The molecule has 0 aliphatic carbocycles. The summed E-state index contributed by atoms with van der Waals surface area (Å²) >= 11 is 0. The third kappa shape index (κ3) is 2.89. The van der Waals surface area contributed by atoms with Crippen molar-refractivity contribution in [1.82, 2.24) is 0 Å². The van der Waals surface area contributed by atoms with Gasteiger partial charge < -0.3 is 9.64 Å². The minimum atomic E-state index is -3.33. The first-order chi connectivity index (χ1) is 8.94. The number of sulfone groups is 1. The van der Waals surface area contributed by atoms with Crippen LogP contribution in [-0.2, 0) is 14.6 Å². The summed E-state index contributed by atoms with van der Waals surface area (Å²) in [6.45, 7) is 3.75. The van der Waals surface area contributed by atoms with E-state index in [1.54, 1.807) is 25.1 Å². The fourth-order valence-corrected chi connectivity index (χ4v) is 2.76. The molecule has 0 spiro atoms. The molecule has 1 aliphatic heterocycles. The van der Waals surface area contributed by atoms with Gasteiger partial charge in [-0.15, -0.1) is 0 Å². The van der Waals surface area contributed by atoms with Crippen LogP contribution in [0.4, 0.5) is 5.69 Å². The van der Waals surface area contributed by atoms with Crippen LogP contribution >= 0.6 is 0 Å². The highest BCUT2D eigenvalue weighted by Gasteiger charge is 2.31. The number of para-hydroxylation sites is 2. The molecular formula is C13H17NO4S. The molecule has 5 nitrogen and oxygen atoms in total. The van der Waals surface area contributed by atoms with Gasteiger partial charge in [0.05, 0.1) is 11.7 Å². The summed E-state index contributed by atoms with van der Waals surface area (Å²) in [7, 11) is -3.33. The van der Waals surface area contributed by atoms with Crippen molar-refractivity contribution >= 4 is 21.4 Å². The van der Waals surface area contributed by atoms with Crippen LogP contribution in [0.1, 0.15) is 13.8 Å². The third-order valence-corrected chi connectivity index (χ3v) is 4.66. The van der Waals surface area contributed by atoms with E-state index >= 15 is 0 Å². The third-order valence-electron chi connectivity index (χ3n) is 3.10. The Balaban J connectivity index is 2.31. The Hall–Kier alpha value is -1.56. The number of hydrogen-bond acceptors (Lipinski definition) is 4. The van der Waals surface area contributed by atoms with Gasteiger partial charge >= 0.3 is 0 Å². The molecule has 0 N–H and O–H groups in total. The molecule has 0 bridgehead atoms. The molecule has 1 aromatic rings. The molecular weight excluding hydrogens is 266 g/mol. The van der Waals surface area contributed by atoms with Gasteiger partial charge in [0.15, 0.2) is 9.84 Å². The quantitative estimate of drug-likeness (QED) is 0.837. The van der Waals surface area contributed by atoms with Crippen molar-refractivity contribution in [1.29, 1.82) is 0 Å². The van der Waals surface area contributed by atoms with Gasteiger partial charge in [0, 0.05) is 5.75 Å². The van der Waals surface area contributed by atoms with E-state index in [9.17, 15) is 13.2 Å². The van der Waals surface area contributed by atoms with Crippen LogP contribution in [-0.4, -0.2) is 38.5 Å². The van der Waals surface area contributed by atoms with Crippen molar-refractivity contribution in [2.45, 2.75) is 19.9 Å². The zero-order valence-corrected chi connectivity index (χ0v) is 11.8. The van der Waals surface area contributed by atoms with Crippen molar-refractivity contribution in [3.8, 4) is 5.75 Å². The van der Waals surface area contributed by atoms with Crippen LogP contribution in [0.15, 0.2) is 24.3 Å². The van der Waals surface area contributed by atoms with Crippen LogP contribution < -0.4 is 9.64 Å². The lowest BCUT2D eigenvalue weighted by molar-refractivity contribution is -0.117. The van der Waals surface area contributed by atoms with Gasteiger partial charge in [-0.1, -0.05) is 19.1 Å². The fourth-order valence-electron chi connectivity index (χ4n) is 2.04.